The molecule has 1 atom stereocenters. The van der Waals surface area contributed by atoms with Gasteiger partial charge in [0.25, 0.3) is 0 Å². The van der Waals surface area contributed by atoms with Gasteiger partial charge in [-0.25, -0.2) is 4.39 Å². The molecule has 3 heteroatoms. The number of halogens is 1. The molecule has 14 heavy (non-hydrogen) atoms. The molecule has 0 fully saturated rings. The number of hydrogen-bond acceptors (Lipinski definition) is 2. The molecule has 76 valence electrons. The normalized spacial score (nSPS) is 19.9. The number of benzene rings is 1. The zero-order valence-corrected chi connectivity index (χ0v) is 8.33. The van der Waals surface area contributed by atoms with Crippen LogP contribution in [0.15, 0.2) is 18.2 Å². The summed E-state index contributed by atoms with van der Waals surface area (Å²) in [7, 11) is 2.01. The smallest absolute Gasteiger partial charge is 0.125 e. The molecule has 0 saturated heterocycles. The lowest BCUT2D eigenvalue weighted by atomic mass is 10.1. The van der Waals surface area contributed by atoms with Gasteiger partial charge in [-0.2, -0.15) is 0 Å². The summed E-state index contributed by atoms with van der Waals surface area (Å²) in [4.78, 5) is 2.13. The summed E-state index contributed by atoms with van der Waals surface area (Å²) in [6, 6.07) is 5.44. The second-order valence-electron chi connectivity index (χ2n) is 3.82. The highest BCUT2D eigenvalue weighted by Crippen LogP contribution is 2.32. The van der Waals surface area contributed by atoms with Gasteiger partial charge >= 0.3 is 0 Å². The van der Waals surface area contributed by atoms with Crippen molar-refractivity contribution in [2.45, 2.75) is 18.9 Å². The van der Waals surface area contributed by atoms with Crippen LogP contribution in [0.2, 0.25) is 0 Å². The van der Waals surface area contributed by atoms with Crippen LogP contribution in [0.1, 0.15) is 12.0 Å². The highest BCUT2D eigenvalue weighted by Gasteiger charge is 2.25. The predicted molar refractivity (Wildman–Crippen MR) is 56.0 cm³/mol. The van der Waals surface area contributed by atoms with Gasteiger partial charge in [-0.15, -0.1) is 0 Å². The van der Waals surface area contributed by atoms with Gasteiger partial charge in [0, 0.05) is 18.8 Å². The van der Waals surface area contributed by atoms with Gasteiger partial charge in [0.05, 0.1) is 0 Å². The summed E-state index contributed by atoms with van der Waals surface area (Å²) in [5.74, 6) is -0.163. The molecule has 1 aliphatic rings. The third kappa shape index (κ3) is 1.48. The molecule has 0 bridgehead atoms. The van der Waals surface area contributed by atoms with E-state index >= 15 is 0 Å². The predicted octanol–water partition coefficient (Wildman–Crippen LogP) is 1.54. The number of anilines is 1. The minimum absolute atomic E-state index is 0.163. The van der Waals surface area contributed by atoms with E-state index in [1.54, 1.807) is 6.07 Å². The van der Waals surface area contributed by atoms with Gasteiger partial charge in [0.2, 0.25) is 0 Å². The largest absolute Gasteiger partial charge is 0.371 e. The molecule has 0 aromatic heterocycles. The third-order valence-electron chi connectivity index (χ3n) is 2.93. The number of fused-ring (bicyclic) bond motifs is 1. The maximum atomic E-state index is 13.0. The van der Waals surface area contributed by atoms with Crippen molar-refractivity contribution in [1.82, 2.24) is 0 Å². The maximum Gasteiger partial charge on any atom is 0.125 e. The van der Waals surface area contributed by atoms with E-state index in [2.05, 4.69) is 4.90 Å². The Morgan fingerprint density at radius 2 is 2.36 bits per heavy atom. The minimum Gasteiger partial charge on any atom is -0.371 e. The van der Waals surface area contributed by atoms with Gasteiger partial charge in [0.15, 0.2) is 0 Å². The molecule has 0 aliphatic carbocycles. The Morgan fingerprint density at radius 1 is 1.57 bits per heavy atom. The van der Waals surface area contributed by atoms with Crippen LogP contribution in [0.4, 0.5) is 10.1 Å². The van der Waals surface area contributed by atoms with Gasteiger partial charge in [-0.05, 0) is 37.1 Å². The average Bonchev–Trinajstić information content (AvgIpc) is 2.46. The Bertz CT molecular complexity index is 338. The molecule has 2 rings (SSSR count). The van der Waals surface area contributed by atoms with Crippen LogP contribution in [0.25, 0.3) is 0 Å². The van der Waals surface area contributed by atoms with Gasteiger partial charge in [-0.3, -0.25) is 0 Å². The van der Waals surface area contributed by atoms with E-state index in [4.69, 9.17) is 5.73 Å². The Kier molecular flexibility index (Phi) is 2.42. The van der Waals surface area contributed by atoms with Gasteiger partial charge in [0.1, 0.15) is 5.82 Å². The zero-order valence-electron chi connectivity index (χ0n) is 8.33. The van der Waals surface area contributed by atoms with Crippen molar-refractivity contribution in [2.75, 3.05) is 18.5 Å². The topological polar surface area (TPSA) is 29.3 Å². The molecule has 1 aromatic rings. The first-order valence-corrected chi connectivity index (χ1v) is 4.93. The summed E-state index contributed by atoms with van der Waals surface area (Å²) < 4.78 is 13.0. The molecule has 1 heterocycles. The number of nitrogens with zero attached hydrogens (tertiary/aromatic N) is 1. The lowest BCUT2D eigenvalue weighted by molar-refractivity contribution is 0.614. The van der Waals surface area contributed by atoms with Crippen LogP contribution in [0.5, 0.6) is 0 Å². The van der Waals surface area contributed by atoms with E-state index in [0.29, 0.717) is 12.6 Å². The number of hydrogen-bond donors (Lipinski definition) is 1. The summed E-state index contributed by atoms with van der Waals surface area (Å²) in [6.45, 7) is 0.686. The fourth-order valence-electron chi connectivity index (χ4n) is 2.11. The van der Waals surface area contributed by atoms with Crippen LogP contribution in [-0.4, -0.2) is 19.6 Å². The van der Waals surface area contributed by atoms with Crippen LogP contribution in [-0.2, 0) is 6.42 Å². The van der Waals surface area contributed by atoms with E-state index in [-0.39, 0.29) is 5.82 Å². The summed E-state index contributed by atoms with van der Waals surface area (Å²) >= 11 is 0. The van der Waals surface area contributed by atoms with E-state index in [9.17, 15) is 4.39 Å². The molecule has 0 saturated carbocycles. The fraction of sp³-hybridized carbons (Fsp3) is 0.455. The van der Waals surface area contributed by atoms with Crippen molar-refractivity contribution in [3.05, 3.63) is 29.6 Å². The Hall–Kier alpha value is -1.09. The van der Waals surface area contributed by atoms with Crippen molar-refractivity contribution >= 4 is 5.69 Å². The summed E-state index contributed by atoms with van der Waals surface area (Å²) in [5.41, 5.74) is 7.78. The molecule has 2 N–H and O–H groups in total. The molecule has 0 radical (unpaired) electrons. The fourth-order valence-corrected chi connectivity index (χ4v) is 2.11. The highest BCUT2D eigenvalue weighted by atomic mass is 19.1. The van der Waals surface area contributed by atoms with Crippen molar-refractivity contribution < 1.29 is 4.39 Å². The quantitative estimate of drug-likeness (QED) is 0.773. The first kappa shape index (κ1) is 9.46. The van der Waals surface area contributed by atoms with Crippen LogP contribution < -0.4 is 10.6 Å². The van der Waals surface area contributed by atoms with Crippen LogP contribution >= 0.6 is 0 Å². The molecule has 2 nitrogen and oxygen atoms in total. The van der Waals surface area contributed by atoms with Crippen molar-refractivity contribution in [3.63, 3.8) is 0 Å². The van der Waals surface area contributed by atoms with Crippen LogP contribution in [0.3, 0.4) is 0 Å². The lowest BCUT2D eigenvalue weighted by Crippen LogP contribution is -2.29. The summed E-state index contributed by atoms with van der Waals surface area (Å²) in [6.07, 6.45) is 1.95. The van der Waals surface area contributed by atoms with E-state index < -0.39 is 0 Å². The molecular formula is C11H15FN2. The Labute approximate surface area is 83.5 Å². The standard InChI is InChI=1S/C11H15FN2/c1-14-10(4-5-13)6-8-2-3-9(12)7-11(8)14/h2-3,7,10H,4-6,13H2,1H3. The Balaban J connectivity index is 2.27. The molecule has 0 amide bonds. The lowest BCUT2D eigenvalue weighted by Gasteiger charge is -2.21. The van der Waals surface area contributed by atoms with Gasteiger partial charge in [-0.1, -0.05) is 6.07 Å². The third-order valence-corrected chi connectivity index (χ3v) is 2.93. The number of nitrogens with two attached hydrogens (primary N) is 1. The monoisotopic (exact) mass is 194 g/mol. The molecular weight excluding hydrogens is 179 g/mol. The van der Waals surface area contributed by atoms with E-state index in [1.165, 1.54) is 11.6 Å². The van der Waals surface area contributed by atoms with Crippen molar-refractivity contribution in [1.29, 1.82) is 0 Å². The molecule has 1 aromatic carbocycles. The SMILES string of the molecule is CN1c2cc(F)ccc2CC1CCN. The molecule has 1 unspecified atom stereocenters. The van der Waals surface area contributed by atoms with Gasteiger partial charge < -0.3 is 10.6 Å². The van der Waals surface area contributed by atoms with E-state index in [1.807, 2.05) is 13.1 Å². The molecule has 1 aliphatic heterocycles. The Morgan fingerprint density at radius 3 is 3.07 bits per heavy atom. The second-order valence-corrected chi connectivity index (χ2v) is 3.82. The second kappa shape index (κ2) is 3.58. The van der Waals surface area contributed by atoms with Crippen molar-refractivity contribution in [2.24, 2.45) is 5.73 Å². The first-order valence-electron chi connectivity index (χ1n) is 4.93. The summed E-state index contributed by atoms with van der Waals surface area (Å²) in [5, 5.41) is 0. The van der Waals surface area contributed by atoms with E-state index in [0.717, 1.165) is 18.5 Å². The van der Waals surface area contributed by atoms with Crippen LogP contribution in [0, 0.1) is 5.82 Å². The molecule has 0 spiro atoms. The maximum absolute atomic E-state index is 13.0. The zero-order chi connectivity index (χ0) is 10.1. The average molecular weight is 194 g/mol. The first-order chi connectivity index (χ1) is 6.72. The number of rotatable bonds is 2. The minimum atomic E-state index is -0.163. The highest BCUT2D eigenvalue weighted by molar-refractivity contribution is 5.58. The van der Waals surface area contributed by atoms with Crippen molar-refractivity contribution in [3.8, 4) is 0 Å². The number of likely N-dealkylation sites (N-methyl/N-ethyl adjacent to an activating group) is 1.